The lowest BCUT2D eigenvalue weighted by Crippen LogP contribution is -2.39. The maximum Gasteiger partial charge on any atom is 0.330 e. The van der Waals surface area contributed by atoms with E-state index in [0.29, 0.717) is 5.82 Å². The Hall–Kier alpha value is -1.69. The number of anilines is 1. The molecule has 0 aromatic carbocycles. The molecular formula is C10H11ClN4O2. The highest BCUT2D eigenvalue weighted by atomic mass is 35.5. The van der Waals surface area contributed by atoms with Crippen molar-refractivity contribution < 1.29 is 9.59 Å². The van der Waals surface area contributed by atoms with Gasteiger partial charge in [-0.15, -0.1) is 0 Å². The fourth-order valence-electron chi connectivity index (χ4n) is 1.79. The molecule has 0 spiro atoms. The minimum absolute atomic E-state index is 0.0183. The van der Waals surface area contributed by atoms with Gasteiger partial charge >= 0.3 is 6.03 Å². The van der Waals surface area contributed by atoms with Crippen LogP contribution in [0.15, 0.2) is 12.3 Å². The van der Waals surface area contributed by atoms with E-state index in [1.54, 1.807) is 6.07 Å². The number of halogens is 1. The molecular weight excluding hydrogens is 244 g/mol. The number of amides is 3. The van der Waals surface area contributed by atoms with Gasteiger partial charge in [0.05, 0.1) is 0 Å². The highest BCUT2D eigenvalue weighted by Crippen LogP contribution is 2.23. The zero-order valence-electron chi connectivity index (χ0n) is 9.35. The highest BCUT2D eigenvalue weighted by Gasteiger charge is 2.41. The van der Waals surface area contributed by atoms with Crippen molar-refractivity contribution in [2.75, 3.05) is 4.90 Å². The van der Waals surface area contributed by atoms with Crippen LogP contribution in [0.1, 0.15) is 13.8 Å². The SMILES string of the molecule is CC(C)C1C(=O)NC(=O)N1c1ccnc(Cl)n1. The van der Waals surface area contributed by atoms with E-state index in [2.05, 4.69) is 15.3 Å². The van der Waals surface area contributed by atoms with Crippen LogP contribution in [-0.2, 0) is 4.79 Å². The van der Waals surface area contributed by atoms with Gasteiger partial charge in [0, 0.05) is 6.20 Å². The molecule has 17 heavy (non-hydrogen) atoms. The number of hydrogen-bond donors (Lipinski definition) is 1. The molecule has 7 heteroatoms. The fourth-order valence-corrected chi connectivity index (χ4v) is 1.93. The minimum atomic E-state index is -0.562. The van der Waals surface area contributed by atoms with E-state index >= 15 is 0 Å². The van der Waals surface area contributed by atoms with Gasteiger partial charge < -0.3 is 0 Å². The number of hydrogen-bond acceptors (Lipinski definition) is 4. The zero-order valence-corrected chi connectivity index (χ0v) is 10.1. The van der Waals surface area contributed by atoms with Crippen LogP contribution in [0.25, 0.3) is 0 Å². The largest absolute Gasteiger partial charge is 0.330 e. The molecule has 2 rings (SSSR count). The second kappa shape index (κ2) is 4.29. The van der Waals surface area contributed by atoms with Crippen LogP contribution in [-0.4, -0.2) is 27.9 Å². The first-order valence-electron chi connectivity index (χ1n) is 5.13. The summed E-state index contributed by atoms with van der Waals surface area (Å²) < 4.78 is 0. The summed E-state index contributed by atoms with van der Waals surface area (Å²) in [6.07, 6.45) is 1.44. The van der Waals surface area contributed by atoms with Crippen LogP contribution in [0.2, 0.25) is 5.28 Å². The van der Waals surface area contributed by atoms with E-state index in [9.17, 15) is 9.59 Å². The van der Waals surface area contributed by atoms with Gasteiger partial charge in [-0.2, -0.15) is 0 Å². The third kappa shape index (κ3) is 2.08. The van der Waals surface area contributed by atoms with Gasteiger partial charge in [-0.25, -0.2) is 14.8 Å². The molecule has 6 nitrogen and oxygen atoms in total. The summed E-state index contributed by atoms with van der Waals surface area (Å²) in [4.78, 5) is 32.3. The van der Waals surface area contributed by atoms with E-state index in [4.69, 9.17) is 11.6 Å². The van der Waals surface area contributed by atoms with Crippen molar-refractivity contribution in [2.45, 2.75) is 19.9 Å². The lowest BCUT2D eigenvalue weighted by molar-refractivity contribution is -0.120. The van der Waals surface area contributed by atoms with Crippen LogP contribution in [0.4, 0.5) is 10.6 Å². The molecule has 1 aliphatic rings. The molecule has 1 unspecified atom stereocenters. The standard InChI is InChI=1S/C10H11ClN4O2/c1-5(2)7-8(16)14-10(17)15(7)6-3-4-12-9(11)13-6/h3-5,7H,1-2H3,(H,14,16,17). The van der Waals surface area contributed by atoms with Gasteiger partial charge in [-0.05, 0) is 23.6 Å². The predicted molar refractivity (Wildman–Crippen MR) is 61.7 cm³/mol. The number of carbonyl (C=O) groups is 2. The number of nitrogens with one attached hydrogen (secondary N) is 1. The third-order valence-corrected chi connectivity index (χ3v) is 2.67. The van der Waals surface area contributed by atoms with Gasteiger partial charge in [0.2, 0.25) is 5.28 Å². The lowest BCUT2D eigenvalue weighted by Gasteiger charge is -2.23. The molecule has 1 saturated heterocycles. The summed E-state index contributed by atoms with van der Waals surface area (Å²) in [5, 5.41) is 2.30. The third-order valence-electron chi connectivity index (χ3n) is 2.49. The number of carbonyl (C=O) groups excluding carboxylic acids is 2. The molecule has 2 heterocycles. The molecule has 1 N–H and O–H groups in total. The van der Waals surface area contributed by atoms with Crippen molar-refractivity contribution in [1.29, 1.82) is 0 Å². The molecule has 1 atom stereocenters. The molecule has 0 saturated carbocycles. The molecule has 0 radical (unpaired) electrons. The highest BCUT2D eigenvalue weighted by molar-refractivity contribution is 6.28. The number of urea groups is 1. The van der Waals surface area contributed by atoms with Crippen LogP contribution in [0.5, 0.6) is 0 Å². The van der Waals surface area contributed by atoms with E-state index in [0.717, 1.165) is 0 Å². The summed E-state index contributed by atoms with van der Waals surface area (Å²) >= 11 is 5.67. The van der Waals surface area contributed by atoms with Crippen LogP contribution >= 0.6 is 11.6 Å². The summed E-state index contributed by atoms with van der Waals surface area (Å²) in [6.45, 7) is 3.72. The van der Waals surface area contributed by atoms with Crippen molar-refractivity contribution in [3.63, 3.8) is 0 Å². The van der Waals surface area contributed by atoms with Gasteiger partial charge in [0.15, 0.2) is 0 Å². The Morgan fingerprint density at radius 3 is 2.76 bits per heavy atom. The molecule has 90 valence electrons. The first-order valence-corrected chi connectivity index (χ1v) is 5.51. The first kappa shape index (κ1) is 11.8. The molecule has 1 aromatic heterocycles. The quantitative estimate of drug-likeness (QED) is 0.636. The van der Waals surface area contributed by atoms with Crippen molar-refractivity contribution in [3.8, 4) is 0 Å². The number of aromatic nitrogens is 2. The summed E-state index contributed by atoms with van der Waals surface area (Å²) in [5.74, 6) is -0.0121. The second-order valence-corrected chi connectivity index (χ2v) is 4.38. The molecule has 1 aromatic rings. The Labute approximate surface area is 103 Å². The molecule has 0 bridgehead atoms. The van der Waals surface area contributed by atoms with Gasteiger partial charge in [0.25, 0.3) is 5.91 Å². The van der Waals surface area contributed by atoms with Gasteiger partial charge in [0.1, 0.15) is 11.9 Å². The van der Waals surface area contributed by atoms with Crippen molar-refractivity contribution in [2.24, 2.45) is 5.92 Å². The van der Waals surface area contributed by atoms with Crippen LogP contribution in [0, 0.1) is 5.92 Å². The number of imide groups is 1. The number of nitrogens with zero attached hydrogens (tertiary/aromatic N) is 3. The fraction of sp³-hybridized carbons (Fsp3) is 0.400. The number of rotatable bonds is 2. The first-order chi connectivity index (χ1) is 8.00. The van der Waals surface area contributed by atoms with Crippen molar-refractivity contribution >= 4 is 29.4 Å². The monoisotopic (exact) mass is 254 g/mol. The van der Waals surface area contributed by atoms with Crippen LogP contribution < -0.4 is 10.2 Å². The smallest absolute Gasteiger partial charge is 0.276 e. The molecule has 1 aliphatic heterocycles. The maximum atomic E-state index is 11.7. The zero-order chi connectivity index (χ0) is 12.6. The Morgan fingerprint density at radius 1 is 1.47 bits per heavy atom. The van der Waals surface area contributed by atoms with Crippen molar-refractivity contribution in [3.05, 3.63) is 17.5 Å². The van der Waals surface area contributed by atoms with E-state index in [-0.39, 0.29) is 17.1 Å². The van der Waals surface area contributed by atoms with E-state index < -0.39 is 12.1 Å². The summed E-state index contributed by atoms with van der Waals surface area (Å²) in [7, 11) is 0. The maximum absolute atomic E-state index is 11.7. The van der Waals surface area contributed by atoms with Gasteiger partial charge in [-0.3, -0.25) is 15.0 Å². The molecule has 1 fully saturated rings. The summed E-state index contributed by atoms with van der Waals surface area (Å²) in [5.41, 5.74) is 0. The summed E-state index contributed by atoms with van der Waals surface area (Å²) in [6, 6.07) is 0.497. The average Bonchev–Trinajstić information content (AvgIpc) is 2.53. The predicted octanol–water partition coefficient (Wildman–Crippen LogP) is 1.21. The second-order valence-electron chi connectivity index (χ2n) is 4.04. The Bertz CT molecular complexity index is 477. The normalized spacial score (nSPS) is 20.0. The van der Waals surface area contributed by atoms with E-state index in [1.807, 2.05) is 13.8 Å². The van der Waals surface area contributed by atoms with Gasteiger partial charge in [-0.1, -0.05) is 13.8 Å². The van der Waals surface area contributed by atoms with Crippen LogP contribution in [0.3, 0.4) is 0 Å². The molecule has 3 amide bonds. The Morgan fingerprint density at radius 2 is 2.18 bits per heavy atom. The average molecular weight is 255 g/mol. The molecule has 0 aliphatic carbocycles. The lowest BCUT2D eigenvalue weighted by atomic mass is 10.0. The Balaban J connectivity index is 2.42. The van der Waals surface area contributed by atoms with Crippen molar-refractivity contribution in [1.82, 2.24) is 15.3 Å². The van der Waals surface area contributed by atoms with E-state index in [1.165, 1.54) is 11.1 Å². The topological polar surface area (TPSA) is 75.2 Å². The Kier molecular flexibility index (Phi) is 2.97. The minimum Gasteiger partial charge on any atom is -0.276 e.